The van der Waals surface area contributed by atoms with Crippen molar-refractivity contribution < 1.29 is 13.2 Å². The van der Waals surface area contributed by atoms with Crippen molar-refractivity contribution in [3.8, 4) is 0 Å². The van der Waals surface area contributed by atoms with Crippen LogP contribution in [-0.4, -0.2) is 32.5 Å². The minimum Gasteiger partial charge on any atom is -0.338 e. The van der Waals surface area contributed by atoms with Gasteiger partial charge in [-0.3, -0.25) is 0 Å². The molecule has 1 fully saturated rings. The number of carbonyl (C=O) groups excluding carboxylic acids is 1. The van der Waals surface area contributed by atoms with Gasteiger partial charge in [-0.2, -0.15) is 0 Å². The largest absolute Gasteiger partial charge is 0.338 e. The normalized spacial score (nSPS) is 20.6. The number of halogens is 1. The SMILES string of the molecule is O=C(NCCC1CCS(=O)(=O)C1)Nc1ccc(Cl)cc1. The minimum absolute atomic E-state index is 0.163. The van der Waals surface area contributed by atoms with E-state index in [-0.39, 0.29) is 23.5 Å². The molecule has 20 heavy (non-hydrogen) atoms. The number of anilines is 1. The molecule has 1 heterocycles. The third-order valence-electron chi connectivity index (χ3n) is 3.27. The van der Waals surface area contributed by atoms with Crippen LogP contribution in [0.1, 0.15) is 12.8 Å². The Hall–Kier alpha value is -1.27. The topological polar surface area (TPSA) is 75.3 Å². The van der Waals surface area contributed by atoms with E-state index >= 15 is 0 Å². The van der Waals surface area contributed by atoms with E-state index < -0.39 is 9.84 Å². The third kappa shape index (κ3) is 4.68. The van der Waals surface area contributed by atoms with Gasteiger partial charge in [-0.25, -0.2) is 13.2 Å². The molecule has 0 bridgehead atoms. The van der Waals surface area contributed by atoms with Crippen molar-refractivity contribution in [2.24, 2.45) is 5.92 Å². The van der Waals surface area contributed by atoms with Crippen molar-refractivity contribution in [2.75, 3.05) is 23.4 Å². The maximum absolute atomic E-state index is 11.6. The number of sulfone groups is 1. The fraction of sp³-hybridized carbons (Fsp3) is 0.462. The Bertz CT molecular complexity index is 572. The first-order valence-corrected chi connectivity index (χ1v) is 8.65. The van der Waals surface area contributed by atoms with Crippen LogP contribution >= 0.6 is 11.6 Å². The number of hydrogen-bond donors (Lipinski definition) is 2. The van der Waals surface area contributed by atoms with Gasteiger partial charge in [0.1, 0.15) is 0 Å². The molecule has 1 aromatic carbocycles. The summed E-state index contributed by atoms with van der Waals surface area (Å²) in [6, 6.07) is 6.52. The van der Waals surface area contributed by atoms with Gasteiger partial charge >= 0.3 is 6.03 Å². The molecule has 1 aliphatic rings. The maximum Gasteiger partial charge on any atom is 0.319 e. The molecule has 1 atom stereocenters. The lowest BCUT2D eigenvalue weighted by molar-refractivity contribution is 0.251. The number of urea groups is 1. The van der Waals surface area contributed by atoms with Crippen molar-refractivity contribution in [1.82, 2.24) is 5.32 Å². The fourth-order valence-corrected chi connectivity index (χ4v) is 4.23. The van der Waals surface area contributed by atoms with Crippen molar-refractivity contribution >= 4 is 33.2 Å². The highest BCUT2D eigenvalue weighted by molar-refractivity contribution is 7.91. The van der Waals surface area contributed by atoms with Gasteiger partial charge in [0.05, 0.1) is 11.5 Å². The second-order valence-electron chi connectivity index (χ2n) is 4.95. The van der Waals surface area contributed by atoms with Gasteiger partial charge in [-0.1, -0.05) is 11.6 Å². The fourth-order valence-electron chi connectivity index (χ4n) is 2.20. The second-order valence-corrected chi connectivity index (χ2v) is 7.61. The molecule has 0 saturated carbocycles. The van der Waals surface area contributed by atoms with Crippen LogP contribution in [0.2, 0.25) is 5.02 Å². The highest BCUT2D eigenvalue weighted by Crippen LogP contribution is 2.20. The zero-order valence-electron chi connectivity index (χ0n) is 10.9. The molecule has 5 nitrogen and oxygen atoms in total. The summed E-state index contributed by atoms with van der Waals surface area (Å²) in [6.07, 6.45) is 1.39. The van der Waals surface area contributed by atoms with E-state index in [9.17, 15) is 13.2 Å². The highest BCUT2D eigenvalue weighted by atomic mass is 35.5. The van der Waals surface area contributed by atoms with E-state index in [1.165, 1.54) is 0 Å². The monoisotopic (exact) mass is 316 g/mol. The molecule has 110 valence electrons. The number of carbonyl (C=O) groups is 1. The van der Waals surface area contributed by atoms with E-state index in [0.29, 0.717) is 30.1 Å². The molecule has 1 saturated heterocycles. The Morgan fingerprint density at radius 2 is 2.00 bits per heavy atom. The molecular formula is C13H17ClN2O3S. The Balaban J connectivity index is 1.69. The molecule has 2 N–H and O–H groups in total. The van der Waals surface area contributed by atoms with Gasteiger partial charge in [-0.15, -0.1) is 0 Å². The number of rotatable bonds is 4. The van der Waals surface area contributed by atoms with E-state index in [0.717, 1.165) is 0 Å². The summed E-state index contributed by atoms with van der Waals surface area (Å²) in [5, 5.41) is 6.02. The Labute approximate surface area is 123 Å². The molecule has 0 aromatic heterocycles. The first kappa shape index (κ1) is 15.1. The van der Waals surface area contributed by atoms with Gasteiger partial charge in [-0.05, 0) is 43.0 Å². The van der Waals surface area contributed by atoms with E-state index in [1.807, 2.05) is 0 Å². The molecule has 1 aliphatic heterocycles. The maximum atomic E-state index is 11.6. The van der Waals surface area contributed by atoms with Crippen LogP contribution in [0.5, 0.6) is 0 Å². The number of amides is 2. The van der Waals surface area contributed by atoms with Crippen molar-refractivity contribution in [3.63, 3.8) is 0 Å². The van der Waals surface area contributed by atoms with Gasteiger partial charge in [0.2, 0.25) is 0 Å². The molecular weight excluding hydrogens is 300 g/mol. The number of nitrogens with one attached hydrogen (secondary N) is 2. The first-order chi connectivity index (χ1) is 9.44. The van der Waals surface area contributed by atoms with Crippen LogP contribution in [0.25, 0.3) is 0 Å². The summed E-state index contributed by atoms with van der Waals surface area (Å²) in [7, 11) is -2.84. The average molecular weight is 317 g/mol. The standard InChI is InChI=1S/C13H17ClN2O3S/c14-11-1-3-12(4-2-11)16-13(17)15-7-5-10-6-8-20(18,19)9-10/h1-4,10H,5-9H2,(H2,15,16,17). The predicted octanol–water partition coefficient (Wildman–Crippen LogP) is 2.29. The average Bonchev–Trinajstić information content (AvgIpc) is 2.72. The zero-order chi connectivity index (χ0) is 14.6. The Morgan fingerprint density at radius 1 is 1.30 bits per heavy atom. The van der Waals surface area contributed by atoms with Crippen molar-refractivity contribution in [3.05, 3.63) is 29.3 Å². The van der Waals surface area contributed by atoms with Crippen molar-refractivity contribution in [1.29, 1.82) is 0 Å². The summed E-state index contributed by atoms with van der Waals surface area (Å²) in [5.74, 6) is 0.679. The van der Waals surface area contributed by atoms with Gasteiger partial charge in [0, 0.05) is 17.3 Å². The van der Waals surface area contributed by atoms with E-state index in [4.69, 9.17) is 11.6 Å². The van der Waals surface area contributed by atoms with E-state index in [1.54, 1.807) is 24.3 Å². The van der Waals surface area contributed by atoms with Gasteiger partial charge in [0.25, 0.3) is 0 Å². The second kappa shape index (κ2) is 6.45. The Kier molecular flexibility index (Phi) is 4.88. The smallest absolute Gasteiger partial charge is 0.319 e. The summed E-state index contributed by atoms with van der Waals surface area (Å²) in [4.78, 5) is 11.6. The lowest BCUT2D eigenvalue weighted by Gasteiger charge is -2.10. The number of benzene rings is 1. The molecule has 1 unspecified atom stereocenters. The van der Waals surface area contributed by atoms with Crippen LogP contribution < -0.4 is 10.6 Å². The molecule has 2 rings (SSSR count). The van der Waals surface area contributed by atoms with Crippen LogP contribution in [0.15, 0.2) is 24.3 Å². The lowest BCUT2D eigenvalue weighted by Crippen LogP contribution is -2.30. The van der Waals surface area contributed by atoms with Crippen LogP contribution in [0.3, 0.4) is 0 Å². The predicted molar refractivity (Wildman–Crippen MR) is 79.9 cm³/mol. The van der Waals surface area contributed by atoms with E-state index in [2.05, 4.69) is 10.6 Å². The zero-order valence-corrected chi connectivity index (χ0v) is 12.5. The molecule has 1 aromatic rings. The van der Waals surface area contributed by atoms with Crippen LogP contribution in [0, 0.1) is 5.92 Å². The molecule has 7 heteroatoms. The lowest BCUT2D eigenvalue weighted by atomic mass is 10.1. The van der Waals surface area contributed by atoms with Crippen LogP contribution in [0.4, 0.5) is 10.5 Å². The summed E-state index contributed by atoms with van der Waals surface area (Å²) in [5.41, 5.74) is 0.662. The first-order valence-electron chi connectivity index (χ1n) is 6.45. The molecule has 0 spiro atoms. The minimum atomic E-state index is -2.84. The van der Waals surface area contributed by atoms with Crippen molar-refractivity contribution in [2.45, 2.75) is 12.8 Å². The molecule has 0 radical (unpaired) electrons. The number of hydrogen-bond acceptors (Lipinski definition) is 3. The summed E-state index contributed by atoms with van der Waals surface area (Å²) >= 11 is 5.75. The Morgan fingerprint density at radius 3 is 2.60 bits per heavy atom. The quantitative estimate of drug-likeness (QED) is 0.895. The summed E-state index contributed by atoms with van der Waals surface area (Å²) < 4.78 is 22.6. The van der Waals surface area contributed by atoms with Gasteiger partial charge < -0.3 is 10.6 Å². The molecule has 0 aliphatic carbocycles. The summed E-state index contributed by atoms with van der Waals surface area (Å²) in [6.45, 7) is 0.472. The van der Waals surface area contributed by atoms with Gasteiger partial charge in [0.15, 0.2) is 9.84 Å². The third-order valence-corrected chi connectivity index (χ3v) is 5.36. The van der Waals surface area contributed by atoms with Crippen LogP contribution in [-0.2, 0) is 9.84 Å². The highest BCUT2D eigenvalue weighted by Gasteiger charge is 2.27. The molecule has 2 amide bonds.